The zero-order valence-electron chi connectivity index (χ0n) is 19.2. The Hall–Kier alpha value is -3.09. The zero-order chi connectivity index (χ0) is 23.1. The predicted octanol–water partition coefficient (Wildman–Crippen LogP) is 4.72. The Morgan fingerprint density at radius 3 is 2.35 bits per heavy atom. The summed E-state index contributed by atoms with van der Waals surface area (Å²) in [6.45, 7) is 8.80. The lowest BCUT2D eigenvalue weighted by Gasteiger charge is -2.33. The summed E-state index contributed by atoms with van der Waals surface area (Å²) in [6, 6.07) is 11.0. The van der Waals surface area contributed by atoms with Crippen molar-refractivity contribution in [3.8, 4) is 0 Å². The molecule has 0 aromatic heterocycles. The van der Waals surface area contributed by atoms with Crippen LogP contribution in [0.5, 0.6) is 0 Å². The van der Waals surface area contributed by atoms with Crippen LogP contribution in [-0.4, -0.2) is 43.5 Å². The second kappa shape index (κ2) is 10.8. The number of rotatable bonds is 8. The van der Waals surface area contributed by atoms with Crippen LogP contribution in [0.3, 0.4) is 0 Å². The minimum Gasteiger partial charge on any atom is -0.377 e. The van der Waals surface area contributed by atoms with E-state index < -0.39 is 5.82 Å². The first kappa shape index (κ1) is 24.2. The Morgan fingerprint density at radius 1 is 1.06 bits per heavy atom. The Morgan fingerprint density at radius 2 is 1.77 bits per heavy atom. The van der Waals surface area contributed by atoms with Gasteiger partial charge in [0.05, 0.1) is 0 Å². The first-order valence-electron chi connectivity index (χ1n) is 10.6. The minimum absolute atomic E-state index is 0.0780. The number of hydrogen-bond donors (Lipinski definition) is 2. The molecule has 2 N–H and O–H groups in total. The van der Waals surface area contributed by atoms with E-state index in [1.807, 2.05) is 51.0 Å². The van der Waals surface area contributed by atoms with Crippen LogP contribution in [0, 0.1) is 11.7 Å². The lowest BCUT2D eigenvalue weighted by Crippen LogP contribution is -2.41. The second-order valence-electron chi connectivity index (χ2n) is 8.15. The third-order valence-corrected chi connectivity index (χ3v) is 5.29. The summed E-state index contributed by atoms with van der Waals surface area (Å²) in [5, 5.41) is 5.53. The first-order valence-corrected chi connectivity index (χ1v) is 10.6. The molecular formula is C24H33FN4O2. The maximum Gasteiger partial charge on any atom is 0.319 e. The zero-order valence-corrected chi connectivity index (χ0v) is 19.2. The van der Waals surface area contributed by atoms with Crippen molar-refractivity contribution in [2.45, 2.75) is 40.3 Å². The smallest absolute Gasteiger partial charge is 0.319 e. The number of anilines is 2. The fourth-order valence-corrected chi connectivity index (χ4v) is 3.29. The molecule has 2 aromatic rings. The van der Waals surface area contributed by atoms with Crippen LogP contribution < -0.4 is 15.5 Å². The van der Waals surface area contributed by atoms with Gasteiger partial charge in [0, 0.05) is 50.2 Å². The third-order valence-electron chi connectivity index (χ3n) is 5.29. The van der Waals surface area contributed by atoms with Crippen LogP contribution in [0.4, 0.5) is 20.6 Å². The number of nitrogens with one attached hydrogen (secondary N) is 2. The van der Waals surface area contributed by atoms with E-state index >= 15 is 0 Å². The summed E-state index contributed by atoms with van der Waals surface area (Å²) in [6.07, 6.45) is 0. The lowest BCUT2D eigenvalue weighted by molar-refractivity contribution is 0.0628. The largest absolute Gasteiger partial charge is 0.377 e. The Balaban J connectivity index is 2.44. The molecular weight excluding hydrogens is 395 g/mol. The number of carbonyl (C=O) groups excluding carboxylic acids is 2. The quantitative estimate of drug-likeness (QED) is 0.639. The number of hydrogen-bond acceptors (Lipinski definition) is 3. The molecule has 0 aliphatic heterocycles. The lowest BCUT2D eigenvalue weighted by atomic mass is 10.0. The van der Waals surface area contributed by atoms with Gasteiger partial charge >= 0.3 is 6.03 Å². The molecule has 0 saturated heterocycles. The van der Waals surface area contributed by atoms with E-state index in [-0.39, 0.29) is 23.9 Å². The molecule has 0 spiro atoms. The highest BCUT2D eigenvalue weighted by atomic mass is 19.1. The molecule has 0 heterocycles. The van der Waals surface area contributed by atoms with E-state index in [1.165, 1.54) is 12.1 Å². The number of amides is 3. The first-order chi connectivity index (χ1) is 14.6. The summed E-state index contributed by atoms with van der Waals surface area (Å²) in [5.74, 6) is -0.463. The molecule has 0 bridgehead atoms. The summed E-state index contributed by atoms with van der Waals surface area (Å²) >= 11 is 0. The molecule has 0 aliphatic rings. The summed E-state index contributed by atoms with van der Waals surface area (Å²) in [4.78, 5) is 29.0. The summed E-state index contributed by atoms with van der Waals surface area (Å²) in [5.41, 5.74) is 2.78. The van der Waals surface area contributed by atoms with Gasteiger partial charge in [0.2, 0.25) is 0 Å². The van der Waals surface area contributed by atoms with Gasteiger partial charge in [-0.05, 0) is 61.7 Å². The van der Waals surface area contributed by atoms with Gasteiger partial charge in [0.1, 0.15) is 5.82 Å². The van der Waals surface area contributed by atoms with Gasteiger partial charge in [-0.1, -0.05) is 19.9 Å². The van der Waals surface area contributed by atoms with E-state index in [4.69, 9.17) is 0 Å². The van der Waals surface area contributed by atoms with Crippen molar-refractivity contribution >= 4 is 23.3 Å². The molecule has 0 fully saturated rings. The SMILES string of the molecule is CCNC(=O)Nc1ccc(N(C)C)c(CN(C(=O)c2cccc(F)c2)[C@@H](C)C(C)C)c1. The van der Waals surface area contributed by atoms with E-state index in [2.05, 4.69) is 24.5 Å². The molecule has 0 radical (unpaired) electrons. The van der Waals surface area contributed by atoms with Crippen LogP contribution in [-0.2, 0) is 6.54 Å². The number of nitrogens with zero attached hydrogens (tertiary/aromatic N) is 2. The second-order valence-corrected chi connectivity index (χ2v) is 8.15. The molecule has 0 aliphatic carbocycles. The van der Waals surface area contributed by atoms with E-state index in [1.54, 1.807) is 17.0 Å². The van der Waals surface area contributed by atoms with Crippen LogP contribution in [0.1, 0.15) is 43.6 Å². The van der Waals surface area contributed by atoms with Crippen molar-refractivity contribution in [1.82, 2.24) is 10.2 Å². The van der Waals surface area contributed by atoms with Crippen molar-refractivity contribution in [2.75, 3.05) is 30.9 Å². The van der Waals surface area contributed by atoms with Gasteiger partial charge in [0.25, 0.3) is 5.91 Å². The monoisotopic (exact) mass is 428 g/mol. The number of carbonyl (C=O) groups is 2. The molecule has 31 heavy (non-hydrogen) atoms. The van der Waals surface area contributed by atoms with E-state index in [9.17, 15) is 14.0 Å². The minimum atomic E-state index is -0.440. The number of urea groups is 1. The molecule has 7 heteroatoms. The van der Waals surface area contributed by atoms with Crippen LogP contribution >= 0.6 is 0 Å². The third kappa shape index (κ3) is 6.44. The number of halogens is 1. The van der Waals surface area contributed by atoms with E-state index in [0.717, 1.165) is 11.3 Å². The van der Waals surface area contributed by atoms with Crippen molar-refractivity contribution < 1.29 is 14.0 Å². The van der Waals surface area contributed by atoms with Crippen molar-refractivity contribution in [3.05, 3.63) is 59.4 Å². The van der Waals surface area contributed by atoms with Gasteiger partial charge in [-0.25, -0.2) is 9.18 Å². The average molecular weight is 429 g/mol. The van der Waals surface area contributed by atoms with Gasteiger partial charge < -0.3 is 20.4 Å². The maximum atomic E-state index is 13.8. The highest BCUT2D eigenvalue weighted by Gasteiger charge is 2.25. The Bertz CT molecular complexity index is 914. The molecule has 3 amide bonds. The molecule has 0 saturated carbocycles. The molecule has 1 atom stereocenters. The van der Waals surface area contributed by atoms with Gasteiger partial charge in [-0.15, -0.1) is 0 Å². The summed E-state index contributed by atoms with van der Waals surface area (Å²) in [7, 11) is 3.86. The number of benzene rings is 2. The van der Waals surface area contributed by atoms with Gasteiger partial charge in [-0.2, -0.15) is 0 Å². The maximum absolute atomic E-state index is 13.8. The fourth-order valence-electron chi connectivity index (χ4n) is 3.29. The van der Waals surface area contributed by atoms with Crippen LogP contribution in [0.2, 0.25) is 0 Å². The average Bonchev–Trinajstić information content (AvgIpc) is 2.71. The normalized spacial score (nSPS) is 11.7. The Kier molecular flexibility index (Phi) is 8.42. The van der Waals surface area contributed by atoms with Crippen LogP contribution in [0.25, 0.3) is 0 Å². The van der Waals surface area contributed by atoms with Crippen LogP contribution in [0.15, 0.2) is 42.5 Å². The van der Waals surface area contributed by atoms with Gasteiger partial charge in [-0.3, -0.25) is 4.79 Å². The van der Waals surface area contributed by atoms with Crippen molar-refractivity contribution in [1.29, 1.82) is 0 Å². The predicted molar refractivity (Wildman–Crippen MR) is 124 cm³/mol. The molecule has 168 valence electrons. The topological polar surface area (TPSA) is 64.7 Å². The standard InChI is InChI=1S/C24H33FN4O2/c1-7-26-24(31)27-21-11-12-22(28(5)6)19(14-21)15-29(17(4)16(2)3)23(30)18-9-8-10-20(25)13-18/h8-14,16-17H,7,15H2,1-6H3,(H2,26,27,31)/t17-/m0/s1. The molecule has 6 nitrogen and oxygen atoms in total. The fraction of sp³-hybridized carbons (Fsp3) is 0.417. The van der Waals surface area contributed by atoms with Crippen molar-refractivity contribution in [2.24, 2.45) is 5.92 Å². The van der Waals surface area contributed by atoms with E-state index in [0.29, 0.717) is 24.3 Å². The highest BCUT2D eigenvalue weighted by molar-refractivity contribution is 5.94. The molecule has 0 unspecified atom stereocenters. The molecule has 2 rings (SSSR count). The van der Waals surface area contributed by atoms with Crippen molar-refractivity contribution in [3.63, 3.8) is 0 Å². The highest BCUT2D eigenvalue weighted by Crippen LogP contribution is 2.27. The summed E-state index contributed by atoms with van der Waals surface area (Å²) < 4.78 is 13.8. The molecule has 2 aromatic carbocycles. The Labute approximate surface area is 184 Å². The van der Waals surface area contributed by atoms with Gasteiger partial charge in [0.15, 0.2) is 0 Å².